The molecule has 0 spiro atoms. The van der Waals surface area contributed by atoms with Crippen molar-refractivity contribution in [3.63, 3.8) is 0 Å². The molecule has 0 N–H and O–H groups in total. The monoisotopic (exact) mass is 470 g/mol. The second kappa shape index (κ2) is 7.57. The molecule has 2 rings (SSSR count). The second-order valence-electron chi connectivity index (χ2n) is 4.73. The summed E-state index contributed by atoms with van der Waals surface area (Å²) in [6.07, 6.45) is -5.79. The molecule has 0 amide bonds. The Morgan fingerprint density at radius 3 is 1.22 bits per heavy atom. The first-order chi connectivity index (χ1) is 10.8. The van der Waals surface area contributed by atoms with Crippen LogP contribution < -0.4 is 0 Å². The van der Waals surface area contributed by atoms with Crippen LogP contribution in [0.2, 0.25) is 0 Å². The summed E-state index contributed by atoms with van der Waals surface area (Å²) in [7, 11) is 0. The van der Waals surface area contributed by atoms with E-state index in [-0.39, 0.29) is 11.1 Å². The van der Waals surface area contributed by atoms with Crippen molar-refractivity contribution in [2.75, 3.05) is 0 Å². The van der Waals surface area contributed by atoms with Crippen LogP contribution in [0.25, 0.3) is 0 Å². The van der Waals surface area contributed by atoms with E-state index in [1.165, 1.54) is 24.3 Å². The molecule has 7 heteroatoms. The quantitative estimate of drug-likeness (QED) is 0.332. The molecule has 2 unspecified atom stereocenters. The van der Waals surface area contributed by atoms with E-state index in [2.05, 4.69) is 31.9 Å². The summed E-state index contributed by atoms with van der Waals surface area (Å²) in [4.78, 5) is 0. The average Bonchev–Trinajstić information content (AvgIpc) is 2.56. The highest BCUT2D eigenvalue weighted by Crippen LogP contribution is 2.60. The van der Waals surface area contributed by atoms with Gasteiger partial charge in [-0.15, -0.1) is 11.8 Å². The van der Waals surface area contributed by atoms with E-state index in [4.69, 9.17) is 0 Å². The minimum Gasteiger partial charge on any atom is -0.208 e. The van der Waals surface area contributed by atoms with E-state index in [0.717, 1.165) is 0 Å². The fraction of sp³-hybridized carbons (Fsp3) is 0.250. The van der Waals surface area contributed by atoms with E-state index in [1.807, 2.05) is 0 Å². The number of alkyl halides is 6. The molecule has 0 radical (unpaired) electrons. The Kier molecular flexibility index (Phi) is 6.19. The number of hydrogen-bond donors (Lipinski definition) is 0. The molecular weight excluding hydrogens is 460 g/mol. The first-order valence-electron chi connectivity index (χ1n) is 6.56. The third kappa shape index (κ3) is 3.94. The van der Waals surface area contributed by atoms with E-state index in [0.29, 0.717) is 11.8 Å². The molecule has 0 aromatic heterocycles. The lowest BCUT2D eigenvalue weighted by atomic mass is 10.1. The summed E-state index contributed by atoms with van der Waals surface area (Å²) in [6, 6.07) is 15.7. The molecule has 0 aliphatic heterocycles. The number of halogens is 6. The average molecular weight is 472 g/mol. The Morgan fingerprint density at radius 2 is 0.957 bits per heavy atom. The van der Waals surface area contributed by atoms with Crippen molar-refractivity contribution in [2.45, 2.75) is 20.2 Å². The van der Waals surface area contributed by atoms with Gasteiger partial charge in [-0.2, -0.15) is 0 Å². The minimum atomic E-state index is -2.89. The standard InChI is InChI=1S/C16H12Br2F4S/c17-15(13(19)20,11-7-3-1-4-8-11)23-16(18,14(21)22)12-9-5-2-6-10-12/h1-10,13-14H. The third-order valence-corrected chi connectivity index (χ3v) is 7.19. The van der Waals surface area contributed by atoms with Crippen LogP contribution in [0.3, 0.4) is 0 Å². The largest absolute Gasteiger partial charge is 0.266 e. The van der Waals surface area contributed by atoms with Crippen LogP contribution >= 0.6 is 43.6 Å². The Bertz CT molecular complexity index is 571. The Labute approximate surface area is 152 Å². The zero-order chi connectivity index (χ0) is 17.1. The predicted octanol–water partition coefficient (Wildman–Crippen LogP) is 6.75. The lowest BCUT2D eigenvalue weighted by molar-refractivity contribution is 0.125. The van der Waals surface area contributed by atoms with E-state index < -0.39 is 20.2 Å². The molecule has 0 bridgehead atoms. The molecule has 2 aromatic rings. The number of rotatable bonds is 6. The highest BCUT2D eigenvalue weighted by atomic mass is 79.9. The zero-order valence-corrected chi connectivity index (χ0v) is 15.6. The molecule has 0 aliphatic carbocycles. The molecule has 2 aromatic carbocycles. The van der Waals surface area contributed by atoms with Crippen LogP contribution in [-0.4, -0.2) is 12.9 Å². The third-order valence-electron chi connectivity index (χ3n) is 3.19. The van der Waals surface area contributed by atoms with Crippen LogP contribution in [0, 0.1) is 0 Å². The molecule has 0 aliphatic rings. The van der Waals surface area contributed by atoms with Gasteiger partial charge >= 0.3 is 0 Å². The van der Waals surface area contributed by atoms with Crippen molar-refractivity contribution in [1.29, 1.82) is 0 Å². The topological polar surface area (TPSA) is 0 Å². The van der Waals surface area contributed by atoms with Crippen molar-refractivity contribution in [1.82, 2.24) is 0 Å². The summed E-state index contributed by atoms with van der Waals surface area (Å²) >= 11 is 6.47. The van der Waals surface area contributed by atoms with Gasteiger partial charge in [-0.3, -0.25) is 0 Å². The summed E-state index contributed by atoms with van der Waals surface area (Å²) in [5.74, 6) is 0. The lowest BCUT2D eigenvalue weighted by Gasteiger charge is -2.36. The maximum atomic E-state index is 13.7. The normalized spacial score (nSPS) is 17.0. The molecule has 0 heterocycles. The Balaban J connectivity index is 2.49. The lowest BCUT2D eigenvalue weighted by Crippen LogP contribution is -2.33. The van der Waals surface area contributed by atoms with Crippen LogP contribution in [0.4, 0.5) is 17.6 Å². The fourth-order valence-corrected chi connectivity index (χ4v) is 5.84. The molecule has 2 atom stereocenters. The summed E-state index contributed by atoms with van der Waals surface area (Å²) in [5, 5.41) is 0. The fourth-order valence-electron chi connectivity index (χ4n) is 2.01. The van der Waals surface area contributed by atoms with Crippen molar-refractivity contribution in [3.05, 3.63) is 71.8 Å². The van der Waals surface area contributed by atoms with Gasteiger partial charge in [0.25, 0.3) is 12.9 Å². The van der Waals surface area contributed by atoms with Gasteiger partial charge in [0.15, 0.2) is 7.31 Å². The van der Waals surface area contributed by atoms with E-state index >= 15 is 0 Å². The van der Waals surface area contributed by atoms with Gasteiger partial charge < -0.3 is 0 Å². The highest BCUT2D eigenvalue weighted by Gasteiger charge is 2.51. The van der Waals surface area contributed by atoms with E-state index in [1.54, 1.807) is 36.4 Å². The maximum Gasteiger partial charge on any atom is 0.266 e. The predicted molar refractivity (Wildman–Crippen MR) is 93.7 cm³/mol. The smallest absolute Gasteiger partial charge is 0.208 e. The van der Waals surface area contributed by atoms with Crippen LogP contribution in [0.15, 0.2) is 60.7 Å². The van der Waals surface area contributed by atoms with Gasteiger partial charge in [0.05, 0.1) is 0 Å². The number of benzene rings is 2. The first kappa shape index (κ1) is 18.8. The van der Waals surface area contributed by atoms with Crippen molar-refractivity contribution in [2.24, 2.45) is 0 Å². The first-order valence-corrected chi connectivity index (χ1v) is 8.96. The number of thioether (sulfide) groups is 1. The van der Waals surface area contributed by atoms with Crippen LogP contribution in [-0.2, 0) is 7.31 Å². The Hall–Kier alpha value is -0.530. The van der Waals surface area contributed by atoms with Crippen LogP contribution in [0.5, 0.6) is 0 Å². The summed E-state index contributed by atoms with van der Waals surface area (Å²) in [6.45, 7) is 0. The van der Waals surface area contributed by atoms with Gasteiger partial charge in [0.1, 0.15) is 0 Å². The molecule has 0 fully saturated rings. The summed E-state index contributed by atoms with van der Waals surface area (Å²) in [5.41, 5.74) is 0.445. The molecule has 124 valence electrons. The Morgan fingerprint density at radius 1 is 0.652 bits per heavy atom. The number of hydrogen-bond acceptors (Lipinski definition) is 1. The van der Waals surface area contributed by atoms with Gasteiger partial charge in [0.2, 0.25) is 0 Å². The molecule has 23 heavy (non-hydrogen) atoms. The zero-order valence-electron chi connectivity index (χ0n) is 11.6. The molecule has 0 nitrogen and oxygen atoms in total. The van der Waals surface area contributed by atoms with Gasteiger partial charge in [-0.25, -0.2) is 17.6 Å². The van der Waals surface area contributed by atoms with Gasteiger partial charge in [-0.1, -0.05) is 92.5 Å². The SMILES string of the molecule is FC(F)C(Br)(SC(Br)(c1ccccc1)C(F)F)c1ccccc1. The van der Waals surface area contributed by atoms with Crippen molar-refractivity contribution in [3.8, 4) is 0 Å². The molecular formula is C16H12Br2F4S. The molecule has 0 saturated heterocycles. The summed E-state index contributed by atoms with van der Waals surface area (Å²) < 4.78 is 51.0. The minimum absolute atomic E-state index is 0.223. The van der Waals surface area contributed by atoms with E-state index in [9.17, 15) is 17.6 Å². The molecule has 0 saturated carbocycles. The van der Waals surface area contributed by atoms with Crippen molar-refractivity contribution >= 4 is 43.6 Å². The maximum absolute atomic E-state index is 13.7. The highest BCUT2D eigenvalue weighted by molar-refractivity contribution is 9.13. The van der Waals surface area contributed by atoms with Crippen molar-refractivity contribution < 1.29 is 17.6 Å². The van der Waals surface area contributed by atoms with Gasteiger partial charge in [0, 0.05) is 0 Å². The van der Waals surface area contributed by atoms with Crippen LogP contribution in [0.1, 0.15) is 11.1 Å². The van der Waals surface area contributed by atoms with Gasteiger partial charge in [-0.05, 0) is 11.1 Å². The second-order valence-corrected chi connectivity index (χ2v) is 9.77.